The number of aromatic nitrogens is 1. The third-order valence-corrected chi connectivity index (χ3v) is 3.41. The molecule has 0 aliphatic rings. The fourth-order valence-corrected chi connectivity index (χ4v) is 2.34. The first-order valence-corrected chi connectivity index (χ1v) is 6.64. The topological polar surface area (TPSA) is 19.5 Å². The normalized spacial score (nSPS) is 12.0. The van der Waals surface area contributed by atoms with Crippen molar-refractivity contribution in [2.75, 3.05) is 19.0 Å². The van der Waals surface area contributed by atoms with Gasteiger partial charge in [0.2, 0.25) is 0 Å². The minimum Gasteiger partial charge on any atom is -1.00 e. The van der Waals surface area contributed by atoms with Gasteiger partial charge in [0.05, 0.1) is 12.4 Å². The summed E-state index contributed by atoms with van der Waals surface area (Å²) in [7, 11) is 3.73. The number of thiophene rings is 1. The summed E-state index contributed by atoms with van der Waals surface area (Å²) < 4.78 is 39.1. The number of hydrogen-bond acceptors (Lipinski definition) is 3. The highest BCUT2D eigenvalue weighted by Crippen LogP contribution is 2.19. The van der Waals surface area contributed by atoms with Crippen LogP contribution in [0, 0.1) is 0 Å². The first kappa shape index (κ1) is 17.5. The van der Waals surface area contributed by atoms with Gasteiger partial charge in [0.25, 0.3) is 0 Å². The molecule has 0 atom stereocenters. The molecule has 0 bridgehead atoms. The standard InChI is InChI=1S/C13H13F3N3S.ClH/c1-18(2)10-5-7-19(8-6-10)12(17-13(14,15)16)11-4-3-9-20-11;/h3-9H,1-2H3;1H/q+1;/p-1/b17-12+;. The fourth-order valence-electron chi connectivity index (χ4n) is 1.62. The Kier molecular flexibility index (Phi) is 5.74. The Balaban J connectivity index is 0.00000220. The molecule has 0 radical (unpaired) electrons. The first-order valence-electron chi connectivity index (χ1n) is 5.76. The van der Waals surface area contributed by atoms with E-state index in [1.54, 1.807) is 42.0 Å². The summed E-state index contributed by atoms with van der Waals surface area (Å²) in [6.07, 6.45) is -1.47. The quantitative estimate of drug-likeness (QED) is 0.325. The van der Waals surface area contributed by atoms with Crippen LogP contribution in [0.4, 0.5) is 18.9 Å². The van der Waals surface area contributed by atoms with E-state index in [-0.39, 0.29) is 18.2 Å². The lowest BCUT2D eigenvalue weighted by Gasteiger charge is -2.11. The molecular weight excluding hydrogens is 323 g/mol. The van der Waals surface area contributed by atoms with Gasteiger partial charge in [-0.05, 0) is 11.4 Å². The maximum absolute atomic E-state index is 12.6. The van der Waals surface area contributed by atoms with Crippen LogP contribution in [0.15, 0.2) is 47.0 Å². The Morgan fingerprint density at radius 2 is 1.81 bits per heavy atom. The van der Waals surface area contributed by atoms with Crippen LogP contribution in [0.25, 0.3) is 0 Å². The van der Waals surface area contributed by atoms with E-state index in [0.29, 0.717) is 4.88 Å². The van der Waals surface area contributed by atoms with E-state index in [2.05, 4.69) is 4.99 Å². The predicted molar refractivity (Wildman–Crippen MR) is 73.3 cm³/mol. The summed E-state index contributed by atoms with van der Waals surface area (Å²) in [6, 6.07) is 6.78. The highest BCUT2D eigenvalue weighted by atomic mass is 35.5. The number of nitrogens with zero attached hydrogens (tertiary/aromatic N) is 3. The average Bonchev–Trinajstić information content (AvgIpc) is 2.89. The van der Waals surface area contributed by atoms with Crippen molar-refractivity contribution in [3.63, 3.8) is 0 Å². The molecule has 0 saturated heterocycles. The van der Waals surface area contributed by atoms with Gasteiger partial charge in [-0.15, -0.1) is 24.5 Å². The number of anilines is 1. The molecule has 0 aliphatic heterocycles. The van der Waals surface area contributed by atoms with E-state index in [1.165, 1.54) is 15.9 Å². The lowest BCUT2D eigenvalue weighted by molar-refractivity contribution is -0.555. The summed E-state index contributed by atoms with van der Waals surface area (Å²) in [4.78, 5) is 5.21. The van der Waals surface area contributed by atoms with E-state index in [4.69, 9.17) is 0 Å². The van der Waals surface area contributed by atoms with E-state index in [9.17, 15) is 13.2 Å². The monoisotopic (exact) mass is 335 g/mol. The molecule has 0 fully saturated rings. The lowest BCUT2D eigenvalue weighted by atomic mass is 10.3. The van der Waals surface area contributed by atoms with Crippen LogP contribution < -0.4 is 21.9 Å². The zero-order chi connectivity index (χ0) is 14.8. The van der Waals surface area contributed by atoms with Crippen LogP contribution in [0.1, 0.15) is 4.88 Å². The molecule has 3 nitrogen and oxygen atoms in total. The Morgan fingerprint density at radius 1 is 1.19 bits per heavy atom. The summed E-state index contributed by atoms with van der Waals surface area (Å²) in [6.45, 7) is 0. The van der Waals surface area contributed by atoms with Crippen molar-refractivity contribution in [3.05, 3.63) is 46.9 Å². The van der Waals surface area contributed by atoms with Gasteiger partial charge in [-0.25, -0.2) is 4.57 Å². The largest absolute Gasteiger partial charge is 1.00 e. The number of pyridine rings is 1. The zero-order valence-corrected chi connectivity index (χ0v) is 12.9. The molecule has 0 aliphatic carbocycles. The van der Waals surface area contributed by atoms with E-state index >= 15 is 0 Å². The lowest BCUT2D eigenvalue weighted by Crippen LogP contribution is -3.00. The van der Waals surface area contributed by atoms with Gasteiger partial charge in [-0.3, -0.25) is 0 Å². The minimum absolute atomic E-state index is 0. The number of alkyl halides is 3. The Labute approximate surface area is 130 Å². The molecule has 2 aromatic heterocycles. The van der Waals surface area contributed by atoms with E-state index < -0.39 is 6.30 Å². The van der Waals surface area contributed by atoms with Gasteiger partial charge in [0, 0.05) is 36.9 Å². The molecule has 2 heterocycles. The molecule has 0 amide bonds. The Morgan fingerprint density at radius 3 is 2.24 bits per heavy atom. The van der Waals surface area contributed by atoms with Crippen molar-refractivity contribution in [1.29, 1.82) is 0 Å². The van der Waals surface area contributed by atoms with Gasteiger partial charge in [0.1, 0.15) is 4.88 Å². The second-order valence-electron chi connectivity index (χ2n) is 4.24. The first-order chi connectivity index (χ1) is 9.37. The van der Waals surface area contributed by atoms with Gasteiger partial charge in [0.15, 0.2) is 0 Å². The minimum atomic E-state index is -4.60. The zero-order valence-electron chi connectivity index (χ0n) is 11.3. The number of halogens is 4. The molecule has 2 aromatic rings. The van der Waals surface area contributed by atoms with Gasteiger partial charge >= 0.3 is 12.1 Å². The predicted octanol–water partition coefficient (Wildman–Crippen LogP) is -0.0797. The molecule has 21 heavy (non-hydrogen) atoms. The molecule has 0 unspecified atom stereocenters. The Bertz CT molecular complexity index is 592. The third-order valence-electron chi connectivity index (χ3n) is 2.55. The van der Waals surface area contributed by atoms with E-state index in [0.717, 1.165) is 5.69 Å². The molecule has 0 spiro atoms. The summed E-state index contributed by atoms with van der Waals surface area (Å²) >= 11 is 1.22. The number of aliphatic imine (C=N–C) groups is 1. The summed E-state index contributed by atoms with van der Waals surface area (Å²) in [5.41, 5.74) is 0.902. The molecule has 114 valence electrons. The van der Waals surface area contributed by atoms with Crippen molar-refractivity contribution in [3.8, 4) is 0 Å². The maximum atomic E-state index is 12.6. The van der Waals surface area contributed by atoms with Crippen LogP contribution in [0.3, 0.4) is 0 Å². The van der Waals surface area contributed by atoms with Crippen LogP contribution in [0.5, 0.6) is 0 Å². The van der Waals surface area contributed by atoms with Gasteiger partial charge < -0.3 is 17.3 Å². The Hall–Kier alpha value is -1.60. The van der Waals surface area contributed by atoms with Crippen LogP contribution in [-0.2, 0) is 0 Å². The van der Waals surface area contributed by atoms with E-state index in [1.807, 2.05) is 19.0 Å². The number of hydrogen-bond donors (Lipinski definition) is 0. The van der Waals surface area contributed by atoms with Crippen LogP contribution in [0.2, 0.25) is 0 Å². The summed E-state index contributed by atoms with van der Waals surface area (Å²) in [5.74, 6) is -0.127. The second-order valence-corrected chi connectivity index (χ2v) is 5.19. The maximum Gasteiger partial charge on any atom is 0.603 e. The molecular formula is C13H13ClF3N3S. The smallest absolute Gasteiger partial charge is 0.603 e. The highest BCUT2D eigenvalue weighted by Gasteiger charge is 2.38. The van der Waals surface area contributed by atoms with Crippen LogP contribution >= 0.6 is 11.3 Å². The molecule has 2 rings (SSSR count). The summed E-state index contributed by atoms with van der Waals surface area (Å²) in [5, 5.41) is 1.72. The van der Waals surface area contributed by atoms with Gasteiger partial charge in [-0.1, -0.05) is 6.07 Å². The van der Waals surface area contributed by atoms with Crippen molar-refractivity contribution >= 4 is 22.9 Å². The highest BCUT2D eigenvalue weighted by molar-refractivity contribution is 7.12. The second kappa shape index (κ2) is 6.91. The molecule has 0 N–H and O–H groups in total. The molecule has 0 aromatic carbocycles. The average molecular weight is 336 g/mol. The van der Waals surface area contributed by atoms with Crippen molar-refractivity contribution in [2.45, 2.75) is 6.30 Å². The van der Waals surface area contributed by atoms with Crippen LogP contribution in [-0.4, -0.2) is 26.2 Å². The molecule has 8 heteroatoms. The number of rotatable bonds is 2. The fraction of sp³-hybridized carbons (Fsp3) is 0.231. The van der Waals surface area contributed by atoms with Gasteiger partial charge in [-0.2, -0.15) is 0 Å². The van der Waals surface area contributed by atoms with Crippen molar-refractivity contribution in [2.24, 2.45) is 4.99 Å². The SMILES string of the molecule is CN(C)c1cc[n+](/C(=N/C(F)(F)F)c2cccs2)cc1.[Cl-]. The molecule has 0 saturated carbocycles. The third kappa shape index (κ3) is 4.71. The van der Waals surface area contributed by atoms with Crippen molar-refractivity contribution in [1.82, 2.24) is 0 Å². The van der Waals surface area contributed by atoms with Crippen molar-refractivity contribution < 1.29 is 30.1 Å².